The molecule has 0 saturated carbocycles. The average Bonchev–Trinajstić information content (AvgIpc) is 2.84. The number of ether oxygens (including phenoxy) is 2. The summed E-state index contributed by atoms with van der Waals surface area (Å²) in [5, 5.41) is 5.33. The second-order valence-corrected chi connectivity index (χ2v) is 9.99. The first kappa shape index (κ1) is 25.4. The van der Waals surface area contributed by atoms with Crippen molar-refractivity contribution in [2.45, 2.75) is 26.4 Å². The third kappa shape index (κ3) is 5.94. The summed E-state index contributed by atoms with van der Waals surface area (Å²) in [5.41, 5.74) is 2.07. The number of fused-ring (bicyclic) bond motifs is 1. The average molecular weight is 620 g/mol. The van der Waals surface area contributed by atoms with Gasteiger partial charge in [-0.3, -0.25) is 4.79 Å². The summed E-state index contributed by atoms with van der Waals surface area (Å²) in [6.45, 7) is 2.37. The molecular formula is C26H22Br2ClN3O3. The fourth-order valence-electron chi connectivity index (χ4n) is 3.51. The summed E-state index contributed by atoms with van der Waals surface area (Å²) < 4.78 is 14.6. The SMILES string of the molecule is CCCc1nc2ccc(Br)cc2c(=O)n1N=Cc1cc(Cl)c(OCc2ccc(Br)cc2)c(OC)c1. The molecule has 0 N–H and O–H groups in total. The number of methoxy groups -OCH3 is 1. The lowest BCUT2D eigenvalue weighted by Gasteiger charge is -2.13. The number of hydrogen-bond acceptors (Lipinski definition) is 5. The van der Waals surface area contributed by atoms with Gasteiger partial charge >= 0.3 is 0 Å². The molecule has 3 aromatic carbocycles. The van der Waals surface area contributed by atoms with E-state index in [1.165, 1.54) is 4.68 Å². The minimum atomic E-state index is -0.233. The Balaban J connectivity index is 1.66. The Morgan fingerprint density at radius 1 is 1.09 bits per heavy atom. The van der Waals surface area contributed by atoms with Crippen LogP contribution in [0.1, 0.15) is 30.3 Å². The van der Waals surface area contributed by atoms with Crippen molar-refractivity contribution in [3.8, 4) is 11.5 Å². The van der Waals surface area contributed by atoms with Gasteiger partial charge in [-0.15, -0.1) is 0 Å². The first-order valence-corrected chi connectivity index (χ1v) is 12.9. The van der Waals surface area contributed by atoms with Crippen LogP contribution in [0.25, 0.3) is 10.9 Å². The molecule has 0 fully saturated rings. The van der Waals surface area contributed by atoms with Gasteiger partial charge in [-0.05, 0) is 60.0 Å². The van der Waals surface area contributed by atoms with Crippen molar-refractivity contribution in [1.29, 1.82) is 0 Å². The van der Waals surface area contributed by atoms with Crippen LogP contribution in [0.2, 0.25) is 5.02 Å². The van der Waals surface area contributed by atoms with E-state index >= 15 is 0 Å². The normalized spacial score (nSPS) is 11.3. The van der Waals surface area contributed by atoms with Gasteiger partial charge < -0.3 is 9.47 Å². The van der Waals surface area contributed by atoms with Crippen molar-refractivity contribution < 1.29 is 9.47 Å². The molecule has 0 saturated heterocycles. The predicted molar refractivity (Wildman–Crippen MR) is 147 cm³/mol. The number of nitrogens with zero attached hydrogens (tertiary/aromatic N) is 3. The van der Waals surface area contributed by atoms with E-state index in [0.29, 0.717) is 51.8 Å². The zero-order chi connectivity index (χ0) is 24.9. The number of hydrogen-bond donors (Lipinski definition) is 0. The number of rotatable bonds is 8. The first-order valence-electron chi connectivity index (χ1n) is 10.9. The highest BCUT2D eigenvalue weighted by Crippen LogP contribution is 2.36. The van der Waals surface area contributed by atoms with E-state index in [4.69, 9.17) is 21.1 Å². The van der Waals surface area contributed by atoms with E-state index in [-0.39, 0.29) is 5.56 Å². The molecule has 0 spiro atoms. The monoisotopic (exact) mass is 617 g/mol. The van der Waals surface area contributed by atoms with Crippen molar-refractivity contribution in [3.05, 3.63) is 95.9 Å². The topological polar surface area (TPSA) is 65.7 Å². The van der Waals surface area contributed by atoms with Crippen LogP contribution < -0.4 is 15.0 Å². The van der Waals surface area contributed by atoms with E-state index < -0.39 is 0 Å². The largest absolute Gasteiger partial charge is 0.493 e. The van der Waals surface area contributed by atoms with Crippen molar-refractivity contribution in [1.82, 2.24) is 9.66 Å². The van der Waals surface area contributed by atoms with E-state index in [9.17, 15) is 4.79 Å². The molecule has 0 aliphatic rings. The van der Waals surface area contributed by atoms with Crippen LogP contribution in [0.5, 0.6) is 11.5 Å². The molecular weight excluding hydrogens is 598 g/mol. The summed E-state index contributed by atoms with van der Waals surface area (Å²) in [6.07, 6.45) is 3.01. The third-order valence-corrected chi connectivity index (χ3v) is 6.52. The van der Waals surface area contributed by atoms with Gasteiger partial charge in [0.2, 0.25) is 0 Å². The zero-order valence-electron chi connectivity index (χ0n) is 19.1. The van der Waals surface area contributed by atoms with Crippen molar-refractivity contribution >= 4 is 60.6 Å². The van der Waals surface area contributed by atoms with Gasteiger partial charge in [0.25, 0.3) is 5.56 Å². The Bertz CT molecular complexity index is 1450. The van der Waals surface area contributed by atoms with E-state index in [1.54, 1.807) is 31.5 Å². The van der Waals surface area contributed by atoms with Gasteiger partial charge in [-0.1, -0.05) is 62.5 Å². The second kappa shape index (κ2) is 11.4. The molecule has 4 rings (SSSR count). The zero-order valence-corrected chi connectivity index (χ0v) is 23.0. The first-order chi connectivity index (χ1) is 16.9. The molecule has 0 unspecified atom stereocenters. The molecule has 1 heterocycles. The minimum absolute atomic E-state index is 0.233. The molecule has 0 aliphatic carbocycles. The van der Waals surface area contributed by atoms with Gasteiger partial charge in [0.05, 0.1) is 29.2 Å². The minimum Gasteiger partial charge on any atom is -0.493 e. The third-order valence-electron chi connectivity index (χ3n) is 5.22. The van der Waals surface area contributed by atoms with Crippen LogP contribution in [-0.2, 0) is 13.0 Å². The Kier molecular flexibility index (Phi) is 8.26. The van der Waals surface area contributed by atoms with Crippen molar-refractivity contribution in [3.63, 3.8) is 0 Å². The summed E-state index contributed by atoms with van der Waals surface area (Å²) in [4.78, 5) is 17.9. The molecule has 0 atom stereocenters. The molecule has 6 nitrogen and oxygen atoms in total. The smallest absolute Gasteiger partial charge is 0.282 e. The maximum Gasteiger partial charge on any atom is 0.282 e. The van der Waals surface area contributed by atoms with Crippen LogP contribution in [0.15, 0.2) is 73.4 Å². The van der Waals surface area contributed by atoms with Gasteiger partial charge in [0.1, 0.15) is 12.4 Å². The highest BCUT2D eigenvalue weighted by atomic mass is 79.9. The highest BCUT2D eigenvalue weighted by molar-refractivity contribution is 9.10. The van der Waals surface area contributed by atoms with Crippen molar-refractivity contribution in [2.75, 3.05) is 7.11 Å². The van der Waals surface area contributed by atoms with Crippen LogP contribution in [0, 0.1) is 0 Å². The summed E-state index contributed by atoms with van der Waals surface area (Å²) in [6, 6.07) is 16.8. The van der Waals surface area contributed by atoms with Crippen LogP contribution in [0.4, 0.5) is 0 Å². The number of benzene rings is 3. The van der Waals surface area contributed by atoms with E-state index in [1.807, 2.05) is 43.3 Å². The second-order valence-electron chi connectivity index (χ2n) is 7.75. The molecule has 4 aromatic rings. The fourth-order valence-corrected chi connectivity index (χ4v) is 4.41. The fraction of sp³-hybridized carbons (Fsp3) is 0.192. The molecule has 1 aromatic heterocycles. The van der Waals surface area contributed by atoms with Crippen molar-refractivity contribution in [2.24, 2.45) is 5.10 Å². The lowest BCUT2D eigenvalue weighted by Crippen LogP contribution is -2.22. The molecule has 0 aliphatic heterocycles. The van der Waals surface area contributed by atoms with E-state index in [0.717, 1.165) is 20.9 Å². The quantitative estimate of drug-likeness (QED) is 0.199. The van der Waals surface area contributed by atoms with Gasteiger partial charge in [0, 0.05) is 15.4 Å². The molecule has 0 amide bonds. The van der Waals surface area contributed by atoms with Gasteiger partial charge in [0.15, 0.2) is 11.5 Å². The number of aromatic nitrogens is 2. The van der Waals surface area contributed by atoms with Gasteiger partial charge in [-0.25, -0.2) is 4.98 Å². The van der Waals surface area contributed by atoms with Crippen LogP contribution in [-0.4, -0.2) is 23.0 Å². The van der Waals surface area contributed by atoms with E-state index in [2.05, 4.69) is 41.9 Å². The predicted octanol–water partition coefficient (Wildman–Crippen LogP) is 7.00. The Hall–Kier alpha value is -2.68. The standard InChI is InChI=1S/C26H22Br2ClN3O3/c1-3-4-24-31-22-10-9-19(28)13-20(22)26(33)32(24)30-14-17-11-21(29)25(23(12-17)34-2)35-15-16-5-7-18(27)8-6-16/h5-14H,3-4,15H2,1-2H3. The molecule has 180 valence electrons. The summed E-state index contributed by atoms with van der Waals surface area (Å²) in [5.74, 6) is 1.50. The van der Waals surface area contributed by atoms with Crippen LogP contribution in [0.3, 0.4) is 0 Å². The highest BCUT2D eigenvalue weighted by Gasteiger charge is 2.13. The van der Waals surface area contributed by atoms with Crippen LogP contribution >= 0.6 is 43.5 Å². The maximum absolute atomic E-state index is 13.2. The molecule has 0 radical (unpaired) electrons. The number of halogens is 3. The summed E-state index contributed by atoms with van der Waals surface area (Å²) in [7, 11) is 1.55. The Morgan fingerprint density at radius 3 is 2.54 bits per heavy atom. The number of aryl methyl sites for hydroxylation is 1. The van der Waals surface area contributed by atoms with Gasteiger partial charge in [-0.2, -0.15) is 9.78 Å². The Morgan fingerprint density at radius 2 is 1.83 bits per heavy atom. The molecule has 35 heavy (non-hydrogen) atoms. The maximum atomic E-state index is 13.2. The molecule has 9 heteroatoms. The lowest BCUT2D eigenvalue weighted by molar-refractivity contribution is 0.284. The lowest BCUT2D eigenvalue weighted by atomic mass is 10.2. The molecule has 0 bridgehead atoms. The Labute approximate surface area is 224 Å². The summed E-state index contributed by atoms with van der Waals surface area (Å²) >= 11 is 13.4.